The van der Waals surface area contributed by atoms with E-state index in [0.29, 0.717) is 18.2 Å². The molecule has 1 saturated carbocycles. The zero-order valence-corrected chi connectivity index (χ0v) is 11.8. The first kappa shape index (κ1) is 14.3. The van der Waals surface area contributed by atoms with Crippen molar-refractivity contribution >= 4 is 0 Å². The molecule has 1 atom stereocenters. The van der Waals surface area contributed by atoms with Gasteiger partial charge in [0.2, 0.25) is 5.89 Å². The molecule has 0 radical (unpaired) electrons. The van der Waals surface area contributed by atoms with Crippen LogP contribution < -0.4 is 5.73 Å². The maximum Gasteiger partial charge on any atom is 0.243 e. The number of aromatic nitrogens is 2. The minimum Gasteiger partial charge on any atom is -0.338 e. The molecule has 0 aliphatic heterocycles. The molecule has 0 bridgehead atoms. The highest BCUT2D eigenvalue weighted by Crippen LogP contribution is 2.36. The van der Waals surface area contributed by atoms with E-state index in [9.17, 15) is 0 Å². The predicted molar refractivity (Wildman–Crippen MR) is 75.6 cm³/mol. The van der Waals surface area contributed by atoms with Gasteiger partial charge in [-0.2, -0.15) is 4.98 Å². The molecule has 1 heterocycles. The Morgan fingerprint density at radius 3 is 2.79 bits per heavy atom. The second-order valence-corrected chi connectivity index (χ2v) is 5.63. The summed E-state index contributed by atoms with van der Waals surface area (Å²) in [6.45, 7) is 5.94. The molecule has 1 aromatic rings. The summed E-state index contributed by atoms with van der Waals surface area (Å²) in [5, 5.41) is 4.11. The van der Waals surface area contributed by atoms with Gasteiger partial charge in [0.15, 0.2) is 5.82 Å². The average molecular weight is 263 g/mol. The molecule has 0 aromatic carbocycles. The van der Waals surface area contributed by atoms with Crippen LogP contribution in [0.2, 0.25) is 0 Å². The summed E-state index contributed by atoms with van der Waals surface area (Å²) in [5.41, 5.74) is 5.94. The minimum atomic E-state index is -0.213. The normalized spacial score (nSPS) is 25.2. The Labute approximate surface area is 115 Å². The fourth-order valence-corrected chi connectivity index (χ4v) is 2.96. The fourth-order valence-electron chi connectivity index (χ4n) is 2.96. The van der Waals surface area contributed by atoms with Crippen LogP contribution in [0.15, 0.2) is 17.2 Å². The number of nitrogens with zero attached hydrogens (tertiary/aromatic N) is 2. The van der Waals surface area contributed by atoms with Crippen LogP contribution in [0.25, 0.3) is 0 Å². The van der Waals surface area contributed by atoms with E-state index in [0.717, 1.165) is 11.7 Å². The highest BCUT2D eigenvalue weighted by molar-refractivity contribution is 5.00. The van der Waals surface area contributed by atoms with E-state index < -0.39 is 0 Å². The van der Waals surface area contributed by atoms with E-state index >= 15 is 0 Å². The zero-order chi connectivity index (χ0) is 13.7. The molecular formula is C15H25N3O. The van der Waals surface area contributed by atoms with Crippen molar-refractivity contribution in [3.8, 4) is 0 Å². The lowest BCUT2D eigenvalue weighted by molar-refractivity contribution is 0.293. The minimum absolute atomic E-state index is 0.213. The first-order valence-corrected chi connectivity index (χ1v) is 7.44. The highest BCUT2D eigenvalue weighted by atomic mass is 16.5. The Bertz CT molecular complexity index is 394. The summed E-state index contributed by atoms with van der Waals surface area (Å²) in [5.74, 6) is 2.76. The van der Waals surface area contributed by atoms with E-state index in [1.165, 1.54) is 38.5 Å². The van der Waals surface area contributed by atoms with Crippen LogP contribution in [-0.4, -0.2) is 10.1 Å². The monoisotopic (exact) mass is 263 g/mol. The molecule has 2 rings (SSSR count). The number of hydrogen-bond acceptors (Lipinski definition) is 4. The molecule has 1 aromatic heterocycles. The van der Waals surface area contributed by atoms with Crippen LogP contribution >= 0.6 is 0 Å². The summed E-state index contributed by atoms with van der Waals surface area (Å²) < 4.78 is 5.27. The molecule has 0 saturated heterocycles. The number of rotatable bonds is 6. The van der Waals surface area contributed by atoms with Gasteiger partial charge in [0.1, 0.15) is 0 Å². The topological polar surface area (TPSA) is 64.9 Å². The molecule has 4 nitrogen and oxygen atoms in total. The van der Waals surface area contributed by atoms with Crippen LogP contribution in [0.5, 0.6) is 0 Å². The molecule has 19 heavy (non-hydrogen) atoms. The predicted octanol–water partition coefficient (Wildman–Crippen LogP) is 3.72. The van der Waals surface area contributed by atoms with Crippen molar-refractivity contribution in [2.24, 2.45) is 11.7 Å². The summed E-state index contributed by atoms with van der Waals surface area (Å²) in [6, 6.07) is -0.213. The van der Waals surface area contributed by atoms with E-state index in [1.54, 1.807) is 6.08 Å². The molecule has 1 aliphatic carbocycles. The largest absolute Gasteiger partial charge is 0.338 e. The first-order chi connectivity index (χ1) is 9.24. The molecule has 0 amide bonds. The Hall–Kier alpha value is -1.16. The quantitative estimate of drug-likeness (QED) is 0.794. The van der Waals surface area contributed by atoms with E-state index in [2.05, 4.69) is 23.6 Å². The lowest BCUT2D eigenvalue weighted by Crippen LogP contribution is -2.14. The van der Waals surface area contributed by atoms with Crippen LogP contribution in [0.4, 0.5) is 0 Å². The van der Waals surface area contributed by atoms with Crippen LogP contribution in [0.1, 0.15) is 75.5 Å². The van der Waals surface area contributed by atoms with Gasteiger partial charge in [0.25, 0.3) is 0 Å². The zero-order valence-electron chi connectivity index (χ0n) is 11.8. The van der Waals surface area contributed by atoms with Crippen molar-refractivity contribution in [1.82, 2.24) is 10.1 Å². The van der Waals surface area contributed by atoms with Crippen LogP contribution in [0.3, 0.4) is 0 Å². The second kappa shape index (κ2) is 6.85. The van der Waals surface area contributed by atoms with Crippen LogP contribution in [0, 0.1) is 5.92 Å². The third-order valence-corrected chi connectivity index (χ3v) is 4.10. The summed E-state index contributed by atoms with van der Waals surface area (Å²) in [4.78, 5) is 4.47. The number of hydrogen-bond donors (Lipinski definition) is 1. The van der Waals surface area contributed by atoms with Crippen molar-refractivity contribution in [3.63, 3.8) is 0 Å². The van der Waals surface area contributed by atoms with Gasteiger partial charge in [0, 0.05) is 5.92 Å². The Morgan fingerprint density at radius 1 is 1.42 bits per heavy atom. The first-order valence-electron chi connectivity index (χ1n) is 7.44. The summed E-state index contributed by atoms with van der Waals surface area (Å²) in [7, 11) is 0. The Morgan fingerprint density at radius 2 is 2.16 bits per heavy atom. The molecule has 4 heteroatoms. The molecule has 2 N–H and O–H groups in total. The average Bonchev–Trinajstić information content (AvgIpc) is 2.90. The van der Waals surface area contributed by atoms with E-state index in [4.69, 9.17) is 10.3 Å². The maximum atomic E-state index is 5.94. The smallest absolute Gasteiger partial charge is 0.243 e. The van der Waals surface area contributed by atoms with Crippen LogP contribution in [-0.2, 0) is 0 Å². The SMILES string of the molecule is C=CCC(N)c1nc(C2CCC(CCC)CC2)no1. The summed E-state index contributed by atoms with van der Waals surface area (Å²) in [6.07, 6.45) is 10.0. The molecule has 1 aliphatic rings. The van der Waals surface area contributed by atoms with Gasteiger partial charge in [-0.25, -0.2) is 0 Å². The van der Waals surface area contributed by atoms with E-state index in [-0.39, 0.29) is 6.04 Å². The van der Waals surface area contributed by atoms with Crippen molar-refractivity contribution in [2.75, 3.05) is 0 Å². The van der Waals surface area contributed by atoms with Crippen molar-refractivity contribution in [2.45, 2.75) is 63.8 Å². The van der Waals surface area contributed by atoms with E-state index in [1.807, 2.05) is 0 Å². The lowest BCUT2D eigenvalue weighted by Gasteiger charge is -2.26. The molecule has 1 unspecified atom stereocenters. The molecule has 1 fully saturated rings. The Balaban J connectivity index is 1.91. The lowest BCUT2D eigenvalue weighted by atomic mass is 9.80. The van der Waals surface area contributed by atoms with Gasteiger partial charge in [-0.1, -0.05) is 31.0 Å². The van der Waals surface area contributed by atoms with Gasteiger partial charge in [-0.3, -0.25) is 0 Å². The molecule has 0 spiro atoms. The second-order valence-electron chi connectivity index (χ2n) is 5.63. The van der Waals surface area contributed by atoms with Crippen molar-refractivity contribution < 1.29 is 4.52 Å². The third kappa shape index (κ3) is 3.66. The standard InChI is InChI=1S/C15H25N3O/c1-3-5-11-7-9-12(10-8-11)14-17-15(19-18-14)13(16)6-4-2/h4,11-13H,2-3,5-10,16H2,1H3. The Kier molecular flexibility index (Phi) is 5.14. The van der Waals surface area contributed by atoms with Gasteiger partial charge >= 0.3 is 0 Å². The molecule has 106 valence electrons. The van der Waals surface area contributed by atoms with Crippen molar-refractivity contribution in [3.05, 3.63) is 24.4 Å². The summed E-state index contributed by atoms with van der Waals surface area (Å²) >= 11 is 0. The maximum absolute atomic E-state index is 5.94. The molecular weight excluding hydrogens is 238 g/mol. The number of nitrogens with two attached hydrogens (primary N) is 1. The fraction of sp³-hybridized carbons (Fsp3) is 0.733. The van der Waals surface area contributed by atoms with Gasteiger partial charge in [0.05, 0.1) is 6.04 Å². The van der Waals surface area contributed by atoms with Gasteiger partial charge < -0.3 is 10.3 Å². The van der Waals surface area contributed by atoms with Gasteiger partial charge in [-0.05, 0) is 38.0 Å². The highest BCUT2D eigenvalue weighted by Gasteiger charge is 2.26. The van der Waals surface area contributed by atoms with Gasteiger partial charge in [-0.15, -0.1) is 6.58 Å². The van der Waals surface area contributed by atoms with Crippen molar-refractivity contribution in [1.29, 1.82) is 0 Å². The third-order valence-electron chi connectivity index (χ3n) is 4.10.